The molecule has 3 aromatic carbocycles. The molecule has 248 valence electrons. The van der Waals surface area contributed by atoms with Crippen molar-refractivity contribution < 1.29 is 38.8 Å². The highest BCUT2D eigenvalue weighted by Gasteiger charge is 2.45. The molecule has 6 rings (SSSR count). The number of anilines is 2. The lowest BCUT2D eigenvalue weighted by Crippen LogP contribution is -2.50. The number of fused-ring (bicyclic) bond motifs is 5. The maximum Gasteiger partial charge on any atom is 0.416 e. The zero-order chi connectivity index (χ0) is 33.2. The lowest BCUT2D eigenvalue weighted by Gasteiger charge is -2.31. The number of carbonyl (C=O) groups is 3. The summed E-state index contributed by atoms with van der Waals surface area (Å²) < 4.78 is 16.9. The molecule has 1 saturated heterocycles. The van der Waals surface area contributed by atoms with Crippen LogP contribution in [-0.4, -0.2) is 84.6 Å². The lowest BCUT2D eigenvalue weighted by atomic mass is 9.95. The van der Waals surface area contributed by atoms with Crippen LogP contribution < -0.4 is 19.3 Å². The second kappa shape index (κ2) is 13.7. The third kappa shape index (κ3) is 5.94. The molecular formula is C35H38ClN3O8. The zero-order valence-corrected chi connectivity index (χ0v) is 26.9. The summed E-state index contributed by atoms with van der Waals surface area (Å²) in [6, 6.07) is 11.7. The molecule has 11 nitrogen and oxygen atoms in total. The number of carbonyl (C=O) groups excluding carboxylic acids is 3. The number of benzene rings is 3. The van der Waals surface area contributed by atoms with Crippen LogP contribution in [0.15, 0.2) is 55.1 Å². The van der Waals surface area contributed by atoms with Crippen LogP contribution in [0.3, 0.4) is 0 Å². The van der Waals surface area contributed by atoms with Gasteiger partial charge in [-0.25, -0.2) is 9.69 Å². The molecule has 3 aliphatic rings. The highest BCUT2D eigenvalue weighted by molar-refractivity contribution is 6.19. The number of halogens is 1. The van der Waals surface area contributed by atoms with Gasteiger partial charge in [-0.05, 0) is 42.7 Å². The Morgan fingerprint density at radius 2 is 1.89 bits per heavy atom. The Bertz CT molecular complexity index is 1710. The second-order valence-corrected chi connectivity index (χ2v) is 12.2. The Balaban J connectivity index is 1.15. The van der Waals surface area contributed by atoms with Crippen LogP contribution >= 0.6 is 11.6 Å². The van der Waals surface area contributed by atoms with Gasteiger partial charge in [0.1, 0.15) is 12.4 Å². The molecule has 12 heteroatoms. The van der Waals surface area contributed by atoms with Crippen molar-refractivity contribution in [2.24, 2.45) is 0 Å². The number of aliphatic hydroxyl groups is 1. The first-order valence-corrected chi connectivity index (χ1v) is 16.3. The Morgan fingerprint density at radius 1 is 1.11 bits per heavy atom. The van der Waals surface area contributed by atoms with E-state index in [0.717, 1.165) is 21.2 Å². The maximum absolute atomic E-state index is 13.6. The van der Waals surface area contributed by atoms with Gasteiger partial charge in [-0.15, -0.1) is 11.6 Å². The maximum atomic E-state index is 13.6. The van der Waals surface area contributed by atoms with Crippen molar-refractivity contribution in [3.05, 3.63) is 66.2 Å². The molecule has 0 aromatic heterocycles. The summed E-state index contributed by atoms with van der Waals surface area (Å²) in [6.45, 7) is 4.65. The summed E-state index contributed by atoms with van der Waals surface area (Å²) in [5.74, 6) is 0.628. The van der Waals surface area contributed by atoms with E-state index in [0.29, 0.717) is 56.1 Å². The van der Waals surface area contributed by atoms with Gasteiger partial charge in [-0.2, -0.15) is 0 Å². The van der Waals surface area contributed by atoms with Gasteiger partial charge in [0.05, 0.1) is 36.7 Å². The quantitative estimate of drug-likeness (QED) is 0.164. The molecule has 47 heavy (non-hydrogen) atoms. The largest absolute Gasteiger partial charge is 0.507 e. The predicted molar refractivity (Wildman–Crippen MR) is 178 cm³/mol. The summed E-state index contributed by atoms with van der Waals surface area (Å²) in [5, 5.41) is 23.6. The highest BCUT2D eigenvalue weighted by atomic mass is 35.5. The molecule has 3 amide bonds. The number of aliphatic hydroxyl groups excluding tert-OH is 1. The van der Waals surface area contributed by atoms with Crippen LogP contribution in [-0.2, 0) is 9.53 Å². The minimum absolute atomic E-state index is 0.0412. The van der Waals surface area contributed by atoms with E-state index in [2.05, 4.69) is 6.58 Å². The van der Waals surface area contributed by atoms with Crippen molar-refractivity contribution in [3.8, 4) is 17.2 Å². The van der Waals surface area contributed by atoms with Crippen molar-refractivity contribution in [1.29, 1.82) is 0 Å². The Labute approximate surface area is 277 Å². The van der Waals surface area contributed by atoms with E-state index in [1.54, 1.807) is 15.9 Å². The summed E-state index contributed by atoms with van der Waals surface area (Å²) in [6.07, 6.45) is 1.85. The zero-order valence-electron chi connectivity index (χ0n) is 26.2. The SMILES string of the molecule is C=CCOC(=O)N1c2cc(OCCCCC(=O)N3C[C@H](CCl)c4c3cc(O)c3ccccc43)c(OC)cc2C(=O)N2CCC[C@H]2C1O. The normalized spacial score (nSPS) is 20.0. The number of alkyl halides is 1. The standard InChI is InChI=1S/C35H38ClN3O8/c1-3-14-47-35(44)39-26-18-30(29(45-2)16-24(26)33(42)37-13-8-11-25(37)34(39)43)46-15-7-6-12-31(41)38-20-21(19-36)32-23-10-5-4-9-22(23)28(40)17-27(32)38/h3-5,9-10,16-18,21,25,34,40,43H,1,6-8,11-15,19-20H2,2H3/t21-,25-,34?/m0/s1. The molecule has 3 aliphatic heterocycles. The number of amides is 3. The molecule has 0 bridgehead atoms. The van der Waals surface area contributed by atoms with Crippen molar-refractivity contribution in [2.75, 3.05) is 49.1 Å². The number of hydrogen-bond acceptors (Lipinski definition) is 8. The van der Waals surface area contributed by atoms with E-state index in [1.165, 1.54) is 25.3 Å². The molecule has 3 heterocycles. The first kappa shape index (κ1) is 32.5. The molecule has 0 aliphatic carbocycles. The van der Waals surface area contributed by atoms with Gasteiger partial charge >= 0.3 is 6.09 Å². The molecule has 0 radical (unpaired) electrons. The third-order valence-corrected chi connectivity index (χ3v) is 9.51. The van der Waals surface area contributed by atoms with Gasteiger partial charge in [0.15, 0.2) is 17.7 Å². The van der Waals surface area contributed by atoms with Gasteiger partial charge in [-0.3, -0.25) is 9.59 Å². The Hall–Kier alpha value is -4.48. The van der Waals surface area contributed by atoms with E-state index in [1.807, 2.05) is 24.3 Å². The first-order valence-electron chi connectivity index (χ1n) is 15.8. The van der Waals surface area contributed by atoms with Crippen molar-refractivity contribution in [2.45, 2.75) is 50.3 Å². The van der Waals surface area contributed by atoms with Crippen molar-refractivity contribution in [3.63, 3.8) is 0 Å². The highest BCUT2D eigenvalue weighted by Crippen LogP contribution is 2.46. The number of nitrogens with zero attached hydrogens (tertiary/aromatic N) is 3. The number of ether oxygens (including phenoxy) is 3. The average Bonchev–Trinajstić information content (AvgIpc) is 3.71. The van der Waals surface area contributed by atoms with Gasteiger partial charge in [-0.1, -0.05) is 36.9 Å². The van der Waals surface area contributed by atoms with Crippen LogP contribution in [0.1, 0.15) is 53.9 Å². The number of phenolic OH excluding ortho intramolecular Hbond substituents is 1. The third-order valence-electron chi connectivity index (χ3n) is 9.14. The van der Waals surface area contributed by atoms with Gasteiger partial charge in [0, 0.05) is 48.8 Å². The van der Waals surface area contributed by atoms with Gasteiger partial charge in [0.2, 0.25) is 5.91 Å². The van der Waals surface area contributed by atoms with Crippen LogP contribution in [0.2, 0.25) is 0 Å². The number of methoxy groups -OCH3 is 1. The monoisotopic (exact) mass is 663 g/mol. The lowest BCUT2D eigenvalue weighted by molar-refractivity contribution is -0.118. The molecule has 1 unspecified atom stereocenters. The summed E-state index contributed by atoms with van der Waals surface area (Å²) in [7, 11) is 1.46. The van der Waals surface area contributed by atoms with E-state index in [-0.39, 0.29) is 60.1 Å². The fraction of sp³-hybridized carbons (Fsp3) is 0.400. The Kier molecular flexibility index (Phi) is 9.47. The van der Waals surface area contributed by atoms with E-state index < -0.39 is 18.4 Å². The molecule has 3 atom stereocenters. The van der Waals surface area contributed by atoms with Crippen LogP contribution in [0.25, 0.3) is 10.8 Å². The Morgan fingerprint density at radius 3 is 2.64 bits per heavy atom. The van der Waals surface area contributed by atoms with Gasteiger partial charge < -0.3 is 34.2 Å². The van der Waals surface area contributed by atoms with E-state index >= 15 is 0 Å². The molecule has 0 saturated carbocycles. The average molecular weight is 664 g/mol. The molecule has 0 spiro atoms. The molecule has 1 fully saturated rings. The van der Waals surface area contributed by atoms with Gasteiger partial charge in [0.25, 0.3) is 5.91 Å². The summed E-state index contributed by atoms with van der Waals surface area (Å²) in [4.78, 5) is 44.5. The molecule has 3 aromatic rings. The summed E-state index contributed by atoms with van der Waals surface area (Å²) in [5.41, 5.74) is 2.02. The number of aromatic hydroxyl groups is 1. The van der Waals surface area contributed by atoms with Crippen LogP contribution in [0.5, 0.6) is 17.2 Å². The van der Waals surface area contributed by atoms with Crippen molar-refractivity contribution in [1.82, 2.24) is 4.90 Å². The number of rotatable bonds is 10. The first-order chi connectivity index (χ1) is 22.8. The molecule has 2 N–H and O–H groups in total. The smallest absolute Gasteiger partial charge is 0.416 e. The van der Waals surface area contributed by atoms with Crippen molar-refractivity contribution >= 4 is 51.7 Å². The fourth-order valence-electron chi connectivity index (χ4n) is 6.91. The van der Waals surface area contributed by atoms with E-state index in [4.69, 9.17) is 25.8 Å². The topological polar surface area (TPSA) is 129 Å². The predicted octanol–water partition coefficient (Wildman–Crippen LogP) is 5.54. The number of unbranched alkanes of at least 4 members (excludes halogenated alkanes) is 1. The fourth-order valence-corrected chi connectivity index (χ4v) is 7.16. The van der Waals surface area contributed by atoms with Crippen LogP contribution in [0.4, 0.5) is 16.2 Å². The minimum atomic E-state index is -1.32. The minimum Gasteiger partial charge on any atom is -0.507 e. The number of phenols is 1. The number of hydrogen-bond donors (Lipinski definition) is 2. The summed E-state index contributed by atoms with van der Waals surface area (Å²) >= 11 is 6.32. The van der Waals surface area contributed by atoms with Crippen LogP contribution in [0, 0.1) is 0 Å². The van der Waals surface area contributed by atoms with E-state index in [9.17, 15) is 24.6 Å². The molecular weight excluding hydrogens is 626 g/mol. The second-order valence-electron chi connectivity index (χ2n) is 11.9.